The number of benzene rings is 9. The van der Waals surface area contributed by atoms with E-state index in [1.807, 2.05) is 11.3 Å². The molecule has 0 N–H and O–H groups in total. The molecule has 0 unspecified atom stereocenters. The van der Waals surface area contributed by atoms with E-state index in [1.165, 1.54) is 74.6 Å². The molecular formula is C51H31N3S. The van der Waals surface area contributed by atoms with Gasteiger partial charge in [-0.2, -0.15) is 0 Å². The number of para-hydroxylation sites is 3. The van der Waals surface area contributed by atoms with Crippen LogP contribution in [0, 0.1) is 0 Å². The SMILES string of the molecule is c1ccc(-n2c(-c3ccc(-n4c5cc(-c6ccc7ccccc7c6)ccc5c5c6c7ccccc7sc6c6ccccc6c54)cc3)nc3ccccc32)cc1. The van der Waals surface area contributed by atoms with E-state index in [-0.39, 0.29) is 0 Å². The predicted octanol–water partition coefficient (Wildman–Crippen LogP) is 14.1. The lowest BCUT2D eigenvalue weighted by molar-refractivity contribution is 1.10. The molecule has 3 nitrogen and oxygen atoms in total. The second-order valence-corrected chi connectivity index (χ2v) is 15.4. The zero-order valence-electron chi connectivity index (χ0n) is 29.6. The molecule has 0 bridgehead atoms. The van der Waals surface area contributed by atoms with Crippen molar-refractivity contribution >= 4 is 85.9 Å². The van der Waals surface area contributed by atoms with Crippen LogP contribution in [0.1, 0.15) is 0 Å². The highest BCUT2D eigenvalue weighted by Gasteiger charge is 2.23. The van der Waals surface area contributed by atoms with Gasteiger partial charge in [0, 0.05) is 58.7 Å². The van der Waals surface area contributed by atoms with Crippen LogP contribution in [0.25, 0.3) is 108 Å². The number of rotatable bonds is 4. The van der Waals surface area contributed by atoms with Crippen LogP contribution in [-0.2, 0) is 0 Å². The molecule has 12 aromatic rings. The van der Waals surface area contributed by atoms with E-state index in [0.29, 0.717) is 0 Å². The molecule has 0 aliphatic heterocycles. The minimum Gasteiger partial charge on any atom is -0.309 e. The Morgan fingerprint density at radius 1 is 0.400 bits per heavy atom. The summed E-state index contributed by atoms with van der Waals surface area (Å²) in [7, 11) is 0. The molecule has 0 amide bonds. The summed E-state index contributed by atoms with van der Waals surface area (Å²) >= 11 is 1.90. The molecule has 12 rings (SSSR count). The van der Waals surface area contributed by atoms with Gasteiger partial charge in [0.2, 0.25) is 0 Å². The molecule has 55 heavy (non-hydrogen) atoms. The van der Waals surface area contributed by atoms with Gasteiger partial charge in [0.15, 0.2) is 0 Å². The van der Waals surface area contributed by atoms with Crippen LogP contribution in [0.2, 0.25) is 0 Å². The topological polar surface area (TPSA) is 22.8 Å². The van der Waals surface area contributed by atoms with Gasteiger partial charge in [-0.15, -0.1) is 11.3 Å². The lowest BCUT2D eigenvalue weighted by atomic mass is 9.98. The standard InChI is InChI=1S/C51H31N3S/c1-2-14-37(15-3-1)54-44-20-10-9-19-43(44)52-51(54)33-24-27-38(28-25-33)53-45-31-36(35-23-22-32-12-4-5-13-34(32)30-35)26-29-41(45)47-48-42-18-8-11-21-46(42)55-50(48)40-17-7-6-16-39(40)49(47)53/h1-31H. The van der Waals surface area contributed by atoms with E-state index in [2.05, 4.69) is 197 Å². The average molecular weight is 718 g/mol. The molecule has 0 aliphatic rings. The molecule has 3 heterocycles. The molecule has 0 saturated heterocycles. The van der Waals surface area contributed by atoms with Gasteiger partial charge in [-0.05, 0) is 88.6 Å². The zero-order valence-corrected chi connectivity index (χ0v) is 30.5. The first-order chi connectivity index (χ1) is 27.3. The van der Waals surface area contributed by atoms with E-state index in [9.17, 15) is 0 Å². The first-order valence-electron chi connectivity index (χ1n) is 18.7. The van der Waals surface area contributed by atoms with E-state index in [1.54, 1.807) is 0 Å². The van der Waals surface area contributed by atoms with Gasteiger partial charge < -0.3 is 4.57 Å². The number of hydrogen-bond acceptors (Lipinski definition) is 2. The summed E-state index contributed by atoms with van der Waals surface area (Å²) in [6.07, 6.45) is 0. The number of fused-ring (bicyclic) bond motifs is 12. The summed E-state index contributed by atoms with van der Waals surface area (Å²) in [6, 6.07) is 68.3. The number of nitrogens with zero attached hydrogens (tertiary/aromatic N) is 3. The molecule has 4 heteroatoms. The van der Waals surface area contributed by atoms with Gasteiger partial charge in [-0.1, -0.05) is 121 Å². The van der Waals surface area contributed by atoms with E-state index >= 15 is 0 Å². The molecule has 0 saturated carbocycles. The monoisotopic (exact) mass is 717 g/mol. The fraction of sp³-hybridized carbons (Fsp3) is 0. The van der Waals surface area contributed by atoms with Crippen LogP contribution in [0.3, 0.4) is 0 Å². The van der Waals surface area contributed by atoms with Gasteiger partial charge in [0.05, 0.1) is 22.1 Å². The average Bonchev–Trinajstić information content (AvgIpc) is 3.94. The van der Waals surface area contributed by atoms with Crippen LogP contribution in [0.15, 0.2) is 188 Å². The highest BCUT2D eigenvalue weighted by Crippen LogP contribution is 2.48. The van der Waals surface area contributed by atoms with Gasteiger partial charge >= 0.3 is 0 Å². The Labute approximate surface area is 320 Å². The maximum atomic E-state index is 5.17. The van der Waals surface area contributed by atoms with E-state index in [0.717, 1.165) is 33.8 Å². The molecule has 0 atom stereocenters. The summed E-state index contributed by atoms with van der Waals surface area (Å²) in [5.74, 6) is 0.927. The Hall–Kier alpha value is -7.01. The summed E-state index contributed by atoms with van der Waals surface area (Å²) in [5, 5.41) is 10.3. The lowest BCUT2D eigenvalue weighted by Gasteiger charge is -2.13. The largest absolute Gasteiger partial charge is 0.309 e. The van der Waals surface area contributed by atoms with Crippen molar-refractivity contribution in [3.63, 3.8) is 0 Å². The summed E-state index contributed by atoms with van der Waals surface area (Å²) in [4.78, 5) is 5.17. The van der Waals surface area contributed by atoms with Crippen molar-refractivity contribution in [1.82, 2.24) is 14.1 Å². The second-order valence-electron chi connectivity index (χ2n) is 14.3. The van der Waals surface area contributed by atoms with Crippen molar-refractivity contribution in [2.24, 2.45) is 0 Å². The Morgan fingerprint density at radius 3 is 1.93 bits per heavy atom. The molecule has 256 valence electrons. The Morgan fingerprint density at radius 2 is 1.05 bits per heavy atom. The highest BCUT2D eigenvalue weighted by atomic mass is 32.1. The van der Waals surface area contributed by atoms with Crippen molar-refractivity contribution < 1.29 is 0 Å². The molecule has 0 radical (unpaired) electrons. The van der Waals surface area contributed by atoms with Crippen LogP contribution in [-0.4, -0.2) is 14.1 Å². The highest BCUT2D eigenvalue weighted by molar-refractivity contribution is 7.27. The van der Waals surface area contributed by atoms with Crippen LogP contribution in [0.4, 0.5) is 0 Å². The second kappa shape index (κ2) is 11.7. The third-order valence-corrected chi connectivity index (χ3v) is 12.5. The molecule has 0 spiro atoms. The van der Waals surface area contributed by atoms with Crippen molar-refractivity contribution in [3.05, 3.63) is 188 Å². The van der Waals surface area contributed by atoms with Crippen molar-refractivity contribution in [1.29, 1.82) is 0 Å². The number of imidazole rings is 1. The normalized spacial score (nSPS) is 12.0. The summed E-state index contributed by atoms with van der Waals surface area (Å²) < 4.78 is 7.44. The van der Waals surface area contributed by atoms with Gasteiger partial charge in [-0.25, -0.2) is 4.98 Å². The molecule has 9 aromatic carbocycles. The predicted molar refractivity (Wildman–Crippen MR) is 234 cm³/mol. The van der Waals surface area contributed by atoms with Crippen molar-refractivity contribution in [2.45, 2.75) is 0 Å². The number of thiophene rings is 1. The third-order valence-electron chi connectivity index (χ3n) is 11.3. The van der Waals surface area contributed by atoms with Crippen LogP contribution in [0.5, 0.6) is 0 Å². The fourth-order valence-electron chi connectivity index (χ4n) is 8.80. The van der Waals surface area contributed by atoms with E-state index in [4.69, 9.17) is 4.98 Å². The molecule has 0 fully saturated rings. The molecule has 0 aliphatic carbocycles. The first kappa shape index (κ1) is 30.5. The van der Waals surface area contributed by atoms with Crippen molar-refractivity contribution in [3.8, 4) is 33.9 Å². The van der Waals surface area contributed by atoms with Gasteiger partial charge in [-0.3, -0.25) is 4.57 Å². The van der Waals surface area contributed by atoms with Crippen molar-refractivity contribution in [2.75, 3.05) is 0 Å². The summed E-state index contributed by atoms with van der Waals surface area (Å²) in [5.41, 5.74) is 10.2. The maximum Gasteiger partial charge on any atom is 0.145 e. The smallest absolute Gasteiger partial charge is 0.145 e. The quantitative estimate of drug-likeness (QED) is 0.178. The Balaban J connectivity index is 1.16. The summed E-state index contributed by atoms with van der Waals surface area (Å²) in [6.45, 7) is 0. The minimum atomic E-state index is 0.927. The molecule has 3 aromatic heterocycles. The van der Waals surface area contributed by atoms with Gasteiger partial charge in [0.25, 0.3) is 0 Å². The van der Waals surface area contributed by atoms with Crippen LogP contribution < -0.4 is 0 Å². The fourth-order valence-corrected chi connectivity index (χ4v) is 10.0. The maximum absolute atomic E-state index is 5.17. The minimum absolute atomic E-state index is 0.927. The van der Waals surface area contributed by atoms with Crippen LogP contribution >= 0.6 is 11.3 Å². The molecular weight excluding hydrogens is 687 g/mol. The Bertz CT molecular complexity index is 3480. The number of hydrogen-bond donors (Lipinski definition) is 0. The number of aromatic nitrogens is 3. The lowest BCUT2D eigenvalue weighted by Crippen LogP contribution is -1.98. The first-order valence-corrected chi connectivity index (χ1v) is 19.5. The third kappa shape index (κ3) is 4.52. The Kier molecular flexibility index (Phi) is 6.50. The van der Waals surface area contributed by atoms with E-state index < -0.39 is 0 Å². The zero-order chi connectivity index (χ0) is 36.0. The van der Waals surface area contributed by atoms with Gasteiger partial charge in [0.1, 0.15) is 5.82 Å².